The molecule has 0 fully saturated rings. The van der Waals surface area contributed by atoms with Crippen LogP contribution >= 0.6 is 0 Å². The van der Waals surface area contributed by atoms with Gasteiger partial charge in [-0.15, -0.1) is 0 Å². The van der Waals surface area contributed by atoms with Gasteiger partial charge in [-0.05, 0) is 13.0 Å². The number of hydrogen-bond donors (Lipinski definition) is 3. The van der Waals surface area contributed by atoms with Crippen LogP contribution < -0.4 is 0 Å². The zero-order valence-corrected chi connectivity index (χ0v) is 5.72. The molecular weight excluding hydrogens is 155 g/mol. The van der Waals surface area contributed by atoms with Crippen LogP contribution in [0.1, 0.15) is 6.92 Å². The van der Waals surface area contributed by atoms with Crippen LogP contribution in [0.4, 0.5) is 4.79 Å². The molecule has 0 saturated heterocycles. The Bertz CT molecular complexity index is 164. The first kappa shape index (κ1) is 9.79. The van der Waals surface area contributed by atoms with E-state index < -0.39 is 19.4 Å². The summed E-state index contributed by atoms with van der Waals surface area (Å²) in [5, 5.41) is 24.4. The molecule has 6 nitrogen and oxygen atoms in total. The second kappa shape index (κ2) is 4.59. The van der Waals surface area contributed by atoms with Gasteiger partial charge in [0.15, 0.2) is 0 Å². The molecule has 0 unspecified atom stereocenters. The highest BCUT2D eigenvalue weighted by Crippen LogP contribution is 1.99. The molecule has 0 atom stereocenters. The lowest BCUT2D eigenvalue weighted by Gasteiger charge is -2.05. The van der Waals surface area contributed by atoms with Gasteiger partial charge in [0.1, 0.15) is 0 Å². The summed E-state index contributed by atoms with van der Waals surface area (Å²) >= 11 is 0. The van der Waals surface area contributed by atoms with Crippen molar-refractivity contribution in [2.24, 2.45) is 0 Å². The SMILES string of the molecule is C/C=C(/OB(O)O)OC(=O)O. The highest BCUT2D eigenvalue weighted by molar-refractivity contribution is 6.33. The fourth-order valence-electron chi connectivity index (χ4n) is 0.341. The van der Waals surface area contributed by atoms with Crippen molar-refractivity contribution < 1.29 is 29.3 Å². The predicted octanol–water partition coefficient (Wildman–Crippen LogP) is -0.472. The van der Waals surface area contributed by atoms with Crippen LogP contribution in [0.15, 0.2) is 12.0 Å². The average molecular weight is 162 g/mol. The highest BCUT2D eigenvalue weighted by Gasteiger charge is 2.15. The summed E-state index contributed by atoms with van der Waals surface area (Å²) in [5.41, 5.74) is 0. The Hall–Kier alpha value is -1.21. The van der Waals surface area contributed by atoms with Crippen LogP contribution in [0, 0.1) is 0 Å². The summed E-state index contributed by atoms with van der Waals surface area (Å²) in [6.07, 6.45) is -0.452. The van der Waals surface area contributed by atoms with E-state index in [1.54, 1.807) is 0 Å². The van der Waals surface area contributed by atoms with Gasteiger partial charge < -0.3 is 24.5 Å². The van der Waals surface area contributed by atoms with Gasteiger partial charge in [0.05, 0.1) is 0 Å². The van der Waals surface area contributed by atoms with E-state index in [1.165, 1.54) is 6.92 Å². The van der Waals surface area contributed by atoms with Gasteiger partial charge in [-0.2, -0.15) is 0 Å². The van der Waals surface area contributed by atoms with Crippen LogP contribution in [0.3, 0.4) is 0 Å². The molecule has 0 aromatic rings. The quantitative estimate of drug-likeness (QED) is 0.294. The maximum Gasteiger partial charge on any atom is 0.709 e. The van der Waals surface area contributed by atoms with Crippen molar-refractivity contribution in [2.45, 2.75) is 6.92 Å². The minimum Gasteiger partial charge on any atom is -0.485 e. The van der Waals surface area contributed by atoms with E-state index in [0.717, 1.165) is 6.08 Å². The van der Waals surface area contributed by atoms with E-state index in [0.29, 0.717) is 0 Å². The van der Waals surface area contributed by atoms with Gasteiger partial charge in [0.25, 0.3) is 5.95 Å². The number of carbonyl (C=O) groups is 1. The normalized spacial score (nSPS) is 10.6. The minimum absolute atomic E-state index is 0.479. The summed E-state index contributed by atoms with van der Waals surface area (Å²) in [7, 11) is -2.08. The van der Waals surface area contributed by atoms with Gasteiger partial charge >= 0.3 is 13.5 Å². The number of allylic oxidation sites excluding steroid dienone is 1. The Labute approximate surface area is 62.8 Å². The Balaban J connectivity index is 3.88. The first-order valence-electron chi connectivity index (χ1n) is 2.66. The van der Waals surface area contributed by atoms with Gasteiger partial charge in [-0.1, -0.05) is 0 Å². The molecule has 0 radical (unpaired) electrons. The standard InChI is InChI=1S/C4H7BO6/c1-2-3(10-4(6)7)11-5(8)9/h2,8-9H,1H3,(H,6,7)/b3-2+. The summed E-state index contributed by atoms with van der Waals surface area (Å²) < 4.78 is 8.03. The van der Waals surface area contributed by atoms with Crippen LogP contribution in [-0.2, 0) is 9.39 Å². The molecule has 0 bridgehead atoms. The van der Waals surface area contributed by atoms with Crippen LogP contribution in [-0.4, -0.2) is 28.6 Å². The Morgan fingerprint density at radius 2 is 2.09 bits per heavy atom. The number of carboxylic acid groups (broad SMARTS) is 1. The first-order chi connectivity index (χ1) is 5.06. The maximum atomic E-state index is 9.84. The molecule has 0 heterocycles. The molecule has 0 saturated carbocycles. The molecule has 7 heteroatoms. The van der Waals surface area contributed by atoms with Crippen molar-refractivity contribution in [3.8, 4) is 0 Å². The molecule has 0 aliphatic rings. The fraction of sp³-hybridized carbons (Fsp3) is 0.250. The predicted molar refractivity (Wildman–Crippen MR) is 34.1 cm³/mol. The second-order valence-corrected chi connectivity index (χ2v) is 1.42. The zero-order chi connectivity index (χ0) is 8.85. The summed E-state index contributed by atoms with van der Waals surface area (Å²) in [6, 6.07) is 0. The third kappa shape index (κ3) is 5.25. The summed E-state index contributed by atoms with van der Waals surface area (Å²) in [4.78, 5) is 9.84. The molecule has 0 spiro atoms. The Kier molecular flexibility index (Phi) is 4.08. The van der Waals surface area contributed by atoms with Crippen molar-refractivity contribution in [3.63, 3.8) is 0 Å². The molecule has 0 amide bonds. The van der Waals surface area contributed by atoms with Crippen molar-refractivity contribution in [1.29, 1.82) is 0 Å². The molecule has 0 aromatic carbocycles. The molecule has 11 heavy (non-hydrogen) atoms. The number of hydrogen-bond acceptors (Lipinski definition) is 5. The van der Waals surface area contributed by atoms with E-state index >= 15 is 0 Å². The van der Waals surface area contributed by atoms with Crippen LogP contribution in [0.5, 0.6) is 0 Å². The molecular formula is C4H7BO6. The van der Waals surface area contributed by atoms with Crippen LogP contribution in [0.25, 0.3) is 0 Å². The van der Waals surface area contributed by atoms with Gasteiger partial charge in [-0.25, -0.2) is 4.79 Å². The van der Waals surface area contributed by atoms with Gasteiger partial charge in [0, 0.05) is 0 Å². The van der Waals surface area contributed by atoms with Crippen molar-refractivity contribution in [3.05, 3.63) is 12.0 Å². The van der Waals surface area contributed by atoms with Crippen molar-refractivity contribution in [1.82, 2.24) is 0 Å². The van der Waals surface area contributed by atoms with Gasteiger partial charge in [-0.3, -0.25) is 0 Å². The topological polar surface area (TPSA) is 96.2 Å². The van der Waals surface area contributed by atoms with E-state index in [2.05, 4.69) is 9.39 Å². The first-order valence-corrected chi connectivity index (χ1v) is 2.66. The lowest BCUT2D eigenvalue weighted by atomic mass is 10.3. The summed E-state index contributed by atoms with van der Waals surface area (Å²) in [6.45, 7) is 1.42. The van der Waals surface area contributed by atoms with Gasteiger partial charge in [0.2, 0.25) is 0 Å². The smallest absolute Gasteiger partial charge is 0.485 e. The molecule has 0 aliphatic heterocycles. The molecule has 0 rings (SSSR count). The average Bonchev–Trinajstić information content (AvgIpc) is 1.84. The lowest BCUT2D eigenvalue weighted by molar-refractivity contribution is 0.0665. The largest absolute Gasteiger partial charge is 0.709 e. The molecule has 3 N–H and O–H groups in total. The van der Waals surface area contributed by atoms with Crippen molar-refractivity contribution in [2.75, 3.05) is 0 Å². The molecule has 0 aromatic heterocycles. The van der Waals surface area contributed by atoms with Crippen molar-refractivity contribution >= 4 is 13.5 Å². The van der Waals surface area contributed by atoms with E-state index in [-0.39, 0.29) is 0 Å². The van der Waals surface area contributed by atoms with E-state index in [4.69, 9.17) is 15.2 Å². The summed E-state index contributed by atoms with van der Waals surface area (Å²) in [5.74, 6) is -0.479. The third-order valence-electron chi connectivity index (χ3n) is 0.645. The monoisotopic (exact) mass is 162 g/mol. The zero-order valence-electron chi connectivity index (χ0n) is 5.72. The van der Waals surface area contributed by atoms with Crippen LogP contribution in [0.2, 0.25) is 0 Å². The number of rotatable bonds is 3. The molecule has 0 aliphatic carbocycles. The second-order valence-electron chi connectivity index (χ2n) is 1.42. The fourth-order valence-corrected chi connectivity index (χ4v) is 0.341. The Morgan fingerprint density at radius 3 is 2.36 bits per heavy atom. The molecule has 62 valence electrons. The van der Waals surface area contributed by atoms with E-state index in [1.807, 2.05) is 0 Å². The van der Waals surface area contributed by atoms with E-state index in [9.17, 15) is 4.79 Å². The number of ether oxygens (including phenoxy) is 1. The lowest BCUT2D eigenvalue weighted by Crippen LogP contribution is -2.18. The highest BCUT2D eigenvalue weighted by atomic mass is 16.8. The maximum absolute atomic E-state index is 9.84. The minimum atomic E-state index is -2.08. The Morgan fingerprint density at radius 1 is 1.55 bits per heavy atom. The third-order valence-corrected chi connectivity index (χ3v) is 0.645.